The van der Waals surface area contributed by atoms with E-state index in [0.29, 0.717) is 0 Å². The van der Waals surface area contributed by atoms with Gasteiger partial charge in [0.2, 0.25) is 0 Å². The summed E-state index contributed by atoms with van der Waals surface area (Å²) < 4.78 is 0. The van der Waals surface area contributed by atoms with Crippen molar-refractivity contribution in [2.45, 2.75) is 65.2 Å². The third-order valence-electron chi connectivity index (χ3n) is 7.63. The lowest BCUT2D eigenvalue weighted by atomic mass is 10.2. The lowest BCUT2D eigenvalue weighted by Crippen LogP contribution is -1.74. The van der Waals surface area contributed by atoms with Crippen LogP contribution >= 0.6 is 68.0 Å². The van der Waals surface area contributed by atoms with Crippen molar-refractivity contribution in [1.29, 1.82) is 0 Å². The molecule has 6 rings (SSSR count). The predicted octanol–water partition coefficient (Wildman–Crippen LogP) is 14.2. The maximum absolute atomic E-state index is 5.84. The van der Waals surface area contributed by atoms with Gasteiger partial charge in [0.15, 0.2) is 0 Å². The first-order valence-corrected chi connectivity index (χ1v) is 21.1. The average Bonchev–Trinajstić information content (AvgIpc) is 3.94. The van der Waals surface area contributed by atoms with E-state index in [-0.39, 0.29) is 0 Å². The van der Waals surface area contributed by atoms with Gasteiger partial charge >= 0.3 is 0 Å². The normalized spacial score (nSPS) is 10.6. The van der Waals surface area contributed by atoms with Crippen molar-refractivity contribution in [3.8, 4) is 97.1 Å². The van der Waals surface area contributed by atoms with Crippen LogP contribution in [0.2, 0.25) is 0 Å². The smallest absolute Gasteiger partial charge is 0.0931 e. The van der Waals surface area contributed by atoms with Gasteiger partial charge in [0.25, 0.3) is 0 Å². The van der Waals surface area contributed by atoms with E-state index in [4.69, 9.17) is 12.8 Å². The number of unbranched alkanes of at least 4 members (excludes halogenated alkanes) is 6. The van der Waals surface area contributed by atoms with Gasteiger partial charge in [-0.1, -0.05) is 75.1 Å². The van der Waals surface area contributed by atoms with Crippen LogP contribution in [0.3, 0.4) is 0 Å². The van der Waals surface area contributed by atoms with Crippen molar-refractivity contribution in [3.05, 3.63) is 81.5 Å². The Bertz CT molecular complexity index is 2050. The van der Waals surface area contributed by atoms with Crippen molar-refractivity contribution >= 4 is 68.0 Å². The van der Waals surface area contributed by atoms with E-state index in [0.717, 1.165) is 46.6 Å². The molecular weight excluding hydrogens is 697 g/mol. The molecule has 0 saturated heterocycles. The SMILES string of the molecule is C#Cc1cc(-c2ccc(-c3ccc(-c4ccc(-c5ccc(-c6cc(C#C)c(C#CCCCCC)s6)s5)s4)s3)s2)sc1C#CCCCCC. The molecule has 6 aromatic rings. The third kappa shape index (κ3) is 8.17. The Morgan fingerprint density at radius 1 is 0.438 bits per heavy atom. The Morgan fingerprint density at radius 3 is 1.04 bits per heavy atom. The van der Waals surface area contributed by atoms with Gasteiger partial charge in [0, 0.05) is 61.6 Å². The first-order chi connectivity index (χ1) is 23.6. The van der Waals surface area contributed by atoms with Gasteiger partial charge in [0.1, 0.15) is 0 Å². The summed E-state index contributed by atoms with van der Waals surface area (Å²) in [5.41, 5.74) is 1.80. The molecule has 0 aliphatic rings. The average molecular weight is 731 g/mol. The van der Waals surface area contributed by atoms with Gasteiger partial charge in [-0.2, -0.15) is 0 Å². The second-order valence-corrected chi connectivity index (χ2v) is 17.6. The molecule has 0 fully saturated rings. The molecule has 6 heteroatoms. The molecule has 0 nitrogen and oxygen atoms in total. The molecule has 0 spiro atoms. The van der Waals surface area contributed by atoms with Gasteiger partial charge in [0.05, 0.1) is 20.9 Å². The molecule has 0 radical (unpaired) electrons. The van der Waals surface area contributed by atoms with Crippen LogP contribution in [0.5, 0.6) is 0 Å². The quantitative estimate of drug-likeness (QED) is 0.0920. The lowest BCUT2D eigenvalue weighted by Gasteiger charge is -1.93. The van der Waals surface area contributed by atoms with Gasteiger partial charge in [-0.3, -0.25) is 0 Å². The molecule has 0 N–H and O–H groups in total. The van der Waals surface area contributed by atoms with Crippen LogP contribution in [0.15, 0.2) is 60.7 Å². The van der Waals surface area contributed by atoms with Crippen molar-refractivity contribution in [1.82, 2.24) is 0 Å². The number of thiophene rings is 6. The molecule has 238 valence electrons. The first kappa shape index (κ1) is 34.3. The minimum absolute atomic E-state index is 0.901. The number of rotatable bonds is 11. The van der Waals surface area contributed by atoms with Crippen LogP contribution < -0.4 is 0 Å². The second kappa shape index (κ2) is 16.7. The van der Waals surface area contributed by atoms with Crippen LogP contribution in [0.25, 0.3) is 48.8 Å². The van der Waals surface area contributed by atoms with E-state index in [1.54, 1.807) is 22.7 Å². The molecule has 0 aliphatic heterocycles. The van der Waals surface area contributed by atoms with Crippen LogP contribution in [0, 0.1) is 48.4 Å². The molecule has 6 heterocycles. The Balaban J connectivity index is 1.14. The summed E-state index contributed by atoms with van der Waals surface area (Å²) in [6, 6.07) is 22.1. The van der Waals surface area contributed by atoms with E-state index < -0.39 is 0 Å². The molecule has 0 aliphatic carbocycles. The fourth-order valence-corrected chi connectivity index (χ4v) is 11.5. The molecule has 0 aromatic carbocycles. The van der Waals surface area contributed by atoms with Crippen molar-refractivity contribution in [3.63, 3.8) is 0 Å². The zero-order chi connectivity index (χ0) is 33.3. The molecule has 0 amide bonds. The molecule has 48 heavy (non-hydrogen) atoms. The maximum atomic E-state index is 5.84. The standard InChI is InChI=1S/C42H34S6/c1-5-9-11-13-15-17-31-29(7-3)27-41(43-31)39-25-23-37(47-39)35-21-19-33(45-35)34-20-22-36(46-34)38-24-26-40(48-38)42-28-30(8-4)32(44-42)18-16-14-12-10-6-2/h3-4,19-28H,5-6,9-14H2,1-2H3. The molecule has 0 atom stereocenters. The number of terminal acetylenes is 2. The summed E-state index contributed by atoms with van der Waals surface area (Å²) in [6.45, 7) is 4.43. The summed E-state index contributed by atoms with van der Waals surface area (Å²) >= 11 is 10.7. The first-order valence-electron chi connectivity index (χ1n) is 16.2. The maximum Gasteiger partial charge on any atom is 0.0931 e. The highest BCUT2D eigenvalue weighted by molar-refractivity contribution is 7.30. The Hall–Kier alpha value is -3.56. The summed E-state index contributed by atoms with van der Waals surface area (Å²) in [4.78, 5) is 14.6. The van der Waals surface area contributed by atoms with Crippen molar-refractivity contribution in [2.75, 3.05) is 0 Å². The van der Waals surface area contributed by atoms with Gasteiger partial charge in [-0.15, -0.1) is 80.9 Å². The van der Waals surface area contributed by atoms with E-state index in [1.807, 2.05) is 45.3 Å². The molecule has 6 aromatic heterocycles. The Kier molecular flexibility index (Phi) is 11.9. The van der Waals surface area contributed by atoms with E-state index >= 15 is 0 Å². The van der Waals surface area contributed by atoms with Gasteiger partial charge < -0.3 is 0 Å². The Labute approximate surface area is 309 Å². The van der Waals surface area contributed by atoms with Gasteiger partial charge in [-0.25, -0.2) is 0 Å². The lowest BCUT2D eigenvalue weighted by molar-refractivity contribution is 0.737. The topological polar surface area (TPSA) is 0 Å². The van der Waals surface area contributed by atoms with Crippen molar-refractivity contribution in [2.24, 2.45) is 0 Å². The molecule has 0 bridgehead atoms. The summed E-state index contributed by atoms with van der Waals surface area (Å²) in [5.74, 6) is 19.0. The molecule has 0 saturated carbocycles. The summed E-state index contributed by atoms with van der Waals surface area (Å²) in [7, 11) is 0. The molecular formula is C42H34S6. The van der Waals surface area contributed by atoms with Gasteiger partial charge in [-0.05, 0) is 73.5 Å². The third-order valence-corrected chi connectivity index (χ3v) is 15.0. The van der Waals surface area contributed by atoms with E-state index in [1.165, 1.54) is 74.5 Å². The highest BCUT2D eigenvalue weighted by Gasteiger charge is 2.15. The zero-order valence-electron chi connectivity index (χ0n) is 27.0. The number of hydrogen-bond donors (Lipinski definition) is 0. The Morgan fingerprint density at radius 2 is 0.750 bits per heavy atom. The minimum Gasteiger partial charge on any atom is -0.134 e. The van der Waals surface area contributed by atoms with E-state index in [9.17, 15) is 0 Å². The van der Waals surface area contributed by atoms with E-state index in [2.05, 4.69) is 110 Å². The fraction of sp³-hybridized carbons (Fsp3) is 0.238. The summed E-state index contributed by atoms with van der Waals surface area (Å²) in [6.07, 6.45) is 20.7. The highest BCUT2D eigenvalue weighted by atomic mass is 32.1. The summed E-state index contributed by atoms with van der Waals surface area (Å²) in [5, 5.41) is 0. The molecule has 0 unspecified atom stereocenters. The largest absolute Gasteiger partial charge is 0.134 e. The predicted molar refractivity (Wildman–Crippen MR) is 219 cm³/mol. The highest BCUT2D eigenvalue weighted by Crippen LogP contribution is 2.46. The van der Waals surface area contributed by atoms with Crippen LogP contribution in [-0.2, 0) is 0 Å². The zero-order valence-corrected chi connectivity index (χ0v) is 31.9. The monoisotopic (exact) mass is 730 g/mol. The number of hydrogen-bond acceptors (Lipinski definition) is 6. The fourth-order valence-electron chi connectivity index (χ4n) is 5.05. The van der Waals surface area contributed by atoms with Crippen LogP contribution in [-0.4, -0.2) is 0 Å². The van der Waals surface area contributed by atoms with Crippen molar-refractivity contribution < 1.29 is 0 Å². The van der Waals surface area contributed by atoms with Crippen LogP contribution in [0.1, 0.15) is 86.1 Å². The minimum atomic E-state index is 0.901. The van der Waals surface area contributed by atoms with Crippen LogP contribution in [0.4, 0.5) is 0 Å². The second-order valence-electron chi connectivity index (χ2n) is 11.2.